The van der Waals surface area contributed by atoms with Crippen molar-refractivity contribution in [2.24, 2.45) is 0 Å². The Kier molecular flexibility index (Phi) is 4.94. The number of aromatic nitrogens is 1. The Morgan fingerprint density at radius 3 is 2.81 bits per heavy atom. The molecule has 1 aromatic heterocycles. The van der Waals surface area contributed by atoms with Gasteiger partial charge in [0.25, 0.3) is 0 Å². The summed E-state index contributed by atoms with van der Waals surface area (Å²) in [6, 6.07) is 14.5. The van der Waals surface area contributed by atoms with E-state index in [1.165, 1.54) is 12.1 Å². The van der Waals surface area contributed by atoms with Gasteiger partial charge in [-0.3, -0.25) is 4.79 Å². The summed E-state index contributed by atoms with van der Waals surface area (Å²) in [5.74, 6) is 0.186. The molecule has 1 saturated heterocycles. The number of likely N-dealkylation sites (N-methyl/N-ethyl adjacent to an activating group) is 1. The van der Waals surface area contributed by atoms with Crippen LogP contribution in [0.1, 0.15) is 23.5 Å². The van der Waals surface area contributed by atoms with Crippen LogP contribution in [0.15, 0.2) is 54.7 Å². The highest BCUT2D eigenvalue weighted by Crippen LogP contribution is 2.28. The van der Waals surface area contributed by atoms with Crippen LogP contribution in [0.25, 0.3) is 10.9 Å². The molecule has 1 fully saturated rings. The quantitative estimate of drug-likeness (QED) is 0.728. The predicted octanol–water partition coefficient (Wildman–Crippen LogP) is 3.45. The van der Waals surface area contributed by atoms with Crippen LogP contribution in [-0.4, -0.2) is 42.0 Å². The minimum Gasteiger partial charge on any atom is -0.361 e. The summed E-state index contributed by atoms with van der Waals surface area (Å²) < 4.78 is 13.1. The number of hydrogen-bond donors (Lipinski definition) is 2. The molecule has 0 bridgehead atoms. The van der Waals surface area contributed by atoms with E-state index in [1.54, 1.807) is 0 Å². The first-order chi connectivity index (χ1) is 13.2. The van der Waals surface area contributed by atoms with E-state index in [0.717, 1.165) is 35.0 Å². The zero-order valence-electron chi connectivity index (χ0n) is 15.4. The fourth-order valence-electron chi connectivity index (χ4n) is 4.02. The molecular formula is C22H24FN3O. The number of aromatic amines is 1. The number of H-pyrrole nitrogens is 1. The van der Waals surface area contributed by atoms with Crippen molar-refractivity contribution in [1.82, 2.24) is 15.2 Å². The molecule has 0 spiro atoms. The molecule has 5 heteroatoms. The fraction of sp³-hybridized carbons (Fsp3) is 0.318. The zero-order chi connectivity index (χ0) is 18.8. The Morgan fingerprint density at radius 2 is 2.04 bits per heavy atom. The van der Waals surface area contributed by atoms with E-state index >= 15 is 0 Å². The Bertz CT molecular complexity index is 934. The van der Waals surface area contributed by atoms with Gasteiger partial charge in [-0.1, -0.05) is 30.3 Å². The Hall–Kier alpha value is -2.66. The molecule has 2 unspecified atom stereocenters. The monoisotopic (exact) mass is 365 g/mol. The lowest BCUT2D eigenvalue weighted by molar-refractivity contribution is -0.132. The second kappa shape index (κ2) is 7.53. The third-order valence-corrected chi connectivity index (χ3v) is 5.59. The number of hydrogen-bond acceptors (Lipinski definition) is 2. The highest BCUT2D eigenvalue weighted by Gasteiger charge is 2.31. The van der Waals surface area contributed by atoms with E-state index in [9.17, 15) is 9.18 Å². The number of para-hydroxylation sites is 1. The van der Waals surface area contributed by atoms with E-state index in [4.69, 9.17) is 0 Å². The molecule has 0 aliphatic carbocycles. The number of carbonyl (C=O) groups excluding carboxylic acids is 1. The molecule has 2 atom stereocenters. The number of fused-ring (bicyclic) bond motifs is 1. The van der Waals surface area contributed by atoms with Crippen molar-refractivity contribution in [2.45, 2.75) is 24.8 Å². The second-order valence-corrected chi connectivity index (χ2v) is 7.23. The number of rotatable bonds is 5. The smallest absolute Gasteiger partial charge is 0.240 e. The summed E-state index contributed by atoms with van der Waals surface area (Å²) in [6.07, 6.45) is 3.56. The lowest BCUT2D eigenvalue weighted by atomic mass is 9.98. The van der Waals surface area contributed by atoms with Crippen LogP contribution in [0.3, 0.4) is 0 Å². The van der Waals surface area contributed by atoms with E-state index in [-0.39, 0.29) is 23.7 Å². The minimum atomic E-state index is -0.254. The summed E-state index contributed by atoms with van der Waals surface area (Å²) in [5.41, 5.74) is 3.34. The summed E-state index contributed by atoms with van der Waals surface area (Å²) >= 11 is 0. The van der Waals surface area contributed by atoms with Gasteiger partial charge in [0.1, 0.15) is 5.82 Å². The molecule has 1 amide bonds. The van der Waals surface area contributed by atoms with Crippen LogP contribution in [-0.2, 0) is 11.2 Å². The van der Waals surface area contributed by atoms with Gasteiger partial charge in [-0.15, -0.1) is 0 Å². The van der Waals surface area contributed by atoms with Crippen LogP contribution in [0, 0.1) is 5.82 Å². The standard InChI is InChI=1S/C22H24FN3O/c1-24-21(12-17-13-25-20-5-3-2-4-19(17)20)22(27)26-11-10-16(14-26)15-6-8-18(23)9-7-15/h2-9,13,16,21,24-25H,10-12,14H2,1H3. The van der Waals surface area contributed by atoms with E-state index < -0.39 is 0 Å². The minimum absolute atomic E-state index is 0.132. The molecule has 1 aliphatic rings. The lowest BCUT2D eigenvalue weighted by Gasteiger charge is -2.23. The van der Waals surface area contributed by atoms with Crippen molar-refractivity contribution in [3.63, 3.8) is 0 Å². The first kappa shape index (κ1) is 17.7. The van der Waals surface area contributed by atoms with Gasteiger partial charge in [-0.25, -0.2) is 4.39 Å². The van der Waals surface area contributed by atoms with Gasteiger partial charge in [0, 0.05) is 36.1 Å². The van der Waals surface area contributed by atoms with Crippen LogP contribution in [0.4, 0.5) is 4.39 Å². The molecule has 4 rings (SSSR count). The molecule has 27 heavy (non-hydrogen) atoms. The SMILES string of the molecule is CNC(Cc1c[nH]c2ccccc12)C(=O)N1CCC(c2ccc(F)cc2)C1. The van der Waals surface area contributed by atoms with Crippen molar-refractivity contribution >= 4 is 16.8 Å². The maximum absolute atomic E-state index is 13.1. The fourth-order valence-corrected chi connectivity index (χ4v) is 4.02. The van der Waals surface area contributed by atoms with Crippen molar-refractivity contribution < 1.29 is 9.18 Å². The Morgan fingerprint density at radius 1 is 1.26 bits per heavy atom. The van der Waals surface area contributed by atoms with Gasteiger partial charge < -0.3 is 15.2 Å². The predicted molar refractivity (Wildman–Crippen MR) is 105 cm³/mol. The van der Waals surface area contributed by atoms with Gasteiger partial charge in [-0.05, 0) is 49.2 Å². The van der Waals surface area contributed by atoms with Gasteiger partial charge in [-0.2, -0.15) is 0 Å². The highest BCUT2D eigenvalue weighted by molar-refractivity contribution is 5.86. The molecule has 4 nitrogen and oxygen atoms in total. The van der Waals surface area contributed by atoms with Gasteiger partial charge in [0.2, 0.25) is 5.91 Å². The Balaban J connectivity index is 1.45. The number of benzene rings is 2. The topological polar surface area (TPSA) is 48.1 Å². The molecule has 1 aliphatic heterocycles. The first-order valence-corrected chi connectivity index (χ1v) is 9.42. The van der Waals surface area contributed by atoms with Crippen molar-refractivity contribution in [3.05, 3.63) is 71.7 Å². The normalized spacial score (nSPS) is 18.1. The van der Waals surface area contributed by atoms with Gasteiger partial charge in [0.15, 0.2) is 0 Å². The number of amides is 1. The third kappa shape index (κ3) is 3.60. The average Bonchev–Trinajstić information content (AvgIpc) is 3.34. The van der Waals surface area contributed by atoms with Crippen molar-refractivity contribution in [3.8, 4) is 0 Å². The second-order valence-electron chi connectivity index (χ2n) is 7.23. The lowest BCUT2D eigenvalue weighted by Crippen LogP contribution is -2.45. The molecular weight excluding hydrogens is 341 g/mol. The van der Waals surface area contributed by atoms with E-state index in [2.05, 4.69) is 16.4 Å². The van der Waals surface area contributed by atoms with Gasteiger partial charge in [0.05, 0.1) is 6.04 Å². The summed E-state index contributed by atoms with van der Waals surface area (Å²) in [5, 5.41) is 4.35. The van der Waals surface area contributed by atoms with Crippen molar-refractivity contribution in [1.29, 1.82) is 0 Å². The first-order valence-electron chi connectivity index (χ1n) is 9.42. The molecule has 0 radical (unpaired) electrons. The van der Waals surface area contributed by atoms with Crippen LogP contribution >= 0.6 is 0 Å². The maximum Gasteiger partial charge on any atom is 0.240 e. The number of carbonyl (C=O) groups is 1. The molecule has 3 aromatic rings. The van der Waals surface area contributed by atoms with E-state index in [1.807, 2.05) is 48.5 Å². The summed E-state index contributed by atoms with van der Waals surface area (Å²) in [7, 11) is 1.84. The highest BCUT2D eigenvalue weighted by atomic mass is 19.1. The zero-order valence-corrected chi connectivity index (χ0v) is 15.4. The molecule has 2 aromatic carbocycles. The summed E-state index contributed by atoms with van der Waals surface area (Å²) in [4.78, 5) is 18.3. The number of nitrogens with one attached hydrogen (secondary N) is 2. The number of likely N-dealkylation sites (tertiary alicyclic amines) is 1. The van der Waals surface area contributed by atoms with Crippen LogP contribution in [0.2, 0.25) is 0 Å². The third-order valence-electron chi connectivity index (χ3n) is 5.59. The maximum atomic E-state index is 13.1. The number of halogens is 1. The molecule has 0 saturated carbocycles. The van der Waals surface area contributed by atoms with Crippen LogP contribution in [0.5, 0.6) is 0 Å². The van der Waals surface area contributed by atoms with Gasteiger partial charge >= 0.3 is 0 Å². The molecule has 140 valence electrons. The molecule has 2 heterocycles. The number of nitrogens with zero attached hydrogens (tertiary/aromatic N) is 1. The molecule has 2 N–H and O–H groups in total. The van der Waals surface area contributed by atoms with Crippen molar-refractivity contribution in [2.75, 3.05) is 20.1 Å². The largest absolute Gasteiger partial charge is 0.361 e. The van der Waals surface area contributed by atoms with Crippen LogP contribution < -0.4 is 5.32 Å². The summed E-state index contributed by atoms with van der Waals surface area (Å²) in [6.45, 7) is 1.43. The average molecular weight is 365 g/mol. The van der Waals surface area contributed by atoms with E-state index in [0.29, 0.717) is 13.0 Å². The Labute approximate surface area is 158 Å².